The van der Waals surface area contributed by atoms with E-state index in [4.69, 9.17) is 9.05 Å². The maximum atomic E-state index is 5.60. The molecule has 0 radical (unpaired) electrons. The average molecular weight is 305 g/mol. The Morgan fingerprint density at radius 1 is 1.19 bits per heavy atom. The van der Waals surface area contributed by atoms with Gasteiger partial charge in [0.05, 0.1) is 13.2 Å². The van der Waals surface area contributed by atoms with E-state index in [1.54, 1.807) is 0 Å². The minimum atomic E-state index is -0.778. The fourth-order valence-corrected chi connectivity index (χ4v) is 3.33. The molecule has 0 spiro atoms. The van der Waals surface area contributed by atoms with Crippen LogP contribution in [-0.2, 0) is 15.2 Å². The van der Waals surface area contributed by atoms with Crippen molar-refractivity contribution in [2.24, 2.45) is 0 Å². The minimum absolute atomic E-state index is 0.710. The summed E-state index contributed by atoms with van der Waals surface area (Å²) in [5, 5.41) is 0. The Balaban J connectivity index is 2.68. The van der Waals surface area contributed by atoms with Gasteiger partial charge in [0.1, 0.15) is 0 Å². The molecule has 0 fully saturated rings. The van der Waals surface area contributed by atoms with Crippen LogP contribution >= 0.6 is 24.3 Å². The van der Waals surface area contributed by atoms with Gasteiger partial charge in [0, 0.05) is 10.6 Å². The first-order valence-corrected chi connectivity index (χ1v) is 7.61. The summed E-state index contributed by atoms with van der Waals surface area (Å²) in [6.45, 7) is 7.54. The SMILES string of the molecule is CCOP(Cc1ccc(Br)cc1C)OCC. The molecule has 0 saturated heterocycles. The van der Waals surface area contributed by atoms with Crippen molar-refractivity contribution in [1.82, 2.24) is 0 Å². The molecule has 0 aromatic heterocycles. The van der Waals surface area contributed by atoms with Gasteiger partial charge in [-0.15, -0.1) is 0 Å². The highest BCUT2D eigenvalue weighted by Gasteiger charge is 2.11. The predicted octanol–water partition coefficient (Wildman–Crippen LogP) is 4.64. The molecule has 0 bridgehead atoms. The van der Waals surface area contributed by atoms with Crippen molar-refractivity contribution in [3.63, 3.8) is 0 Å². The lowest BCUT2D eigenvalue weighted by Gasteiger charge is -2.16. The molecule has 0 aliphatic heterocycles. The van der Waals surface area contributed by atoms with Crippen LogP contribution in [0.15, 0.2) is 22.7 Å². The summed E-state index contributed by atoms with van der Waals surface area (Å²) in [7, 11) is -0.778. The van der Waals surface area contributed by atoms with Gasteiger partial charge in [-0.2, -0.15) is 0 Å². The molecule has 0 saturated carbocycles. The number of halogens is 1. The number of aryl methyl sites for hydroxylation is 1. The van der Waals surface area contributed by atoms with Crippen molar-refractivity contribution in [3.05, 3.63) is 33.8 Å². The standard InChI is InChI=1S/C12H18BrO2P/c1-4-14-16(15-5-2)9-11-6-7-12(13)8-10(11)3/h6-8H,4-5,9H2,1-3H3. The normalized spacial score (nSPS) is 11.1. The van der Waals surface area contributed by atoms with Crippen LogP contribution in [0.5, 0.6) is 0 Å². The van der Waals surface area contributed by atoms with Crippen molar-refractivity contribution >= 4 is 24.3 Å². The molecular weight excluding hydrogens is 287 g/mol. The average Bonchev–Trinajstić information content (AvgIpc) is 2.23. The van der Waals surface area contributed by atoms with Crippen LogP contribution in [-0.4, -0.2) is 13.2 Å². The zero-order valence-electron chi connectivity index (χ0n) is 10.00. The quantitative estimate of drug-likeness (QED) is 0.713. The summed E-state index contributed by atoms with van der Waals surface area (Å²) in [6, 6.07) is 6.32. The van der Waals surface area contributed by atoms with Crippen LogP contribution in [0.2, 0.25) is 0 Å². The third kappa shape index (κ3) is 4.50. The molecule has 1 aromatic rings. The van der Waals surface area contributed by atoms with E-state index in [2.05, 4.69) is 41.1 Å². The fraction of sp³-hybridized carbons (Fsp3) is 0.500. The van der Waals surface area contributed by atoms with Gasteiger partial charge in [-0.25, -0.2) is 0 Å². The molecule has 0 heterocycles. The second kappa shape index (κ2) is 7.39. The Morgan fingerprint density at radius 2 is 1.81 bits per heavy atom. The van der Waals surface area contributed by atoms with E-state index in [-0.39, 0.29) is 0 Å². The topological polar surface area (TPSA) is 18.5 Å². The lowest BCUT2D eigenvalue weighted by Crippen LogP contribution is -1.96. The van der Waals surface area contributed by atoms with Crippen LogP contribution in [0.1, 0.15) is 25.0 Å². The highest BCUT2D eigenvalue weighted by atomic mass is 79.9. The van der Waals surface area contributed by atoms with Crippen LogP contribution in [0, 0.1) is 6.92 Å². The monoisotopic (exact) mass is 304 g/mol. The third-order valence-corrected chi connectivity index (χ3v) is 4.33. The molecule has 0 unspecified atom stereocenters. The number of hydrogen-bond donors (Lipinski definition) is 0. The molecule has 0 aliphatic carbocycles. The lowest BCUT2D eigenvalue weighted by atomic mass is 10.1. The molecule has 0 N–H and O–H groups in total. The second-order valence-corrected chi connectivity index (χ2v) is 5.81. The molecule has 0 amide bonds. The van der Waals surface area contributed by atoms with Crippen molar-refractivity contribution in [2.75, 3.05) is 13.2 Å². The third-order valence-electron chi connectivity index (χ3n) is 2.15. The first-order chi connectivity index (χ1) is 7.67. The van der Waals surface area contributed by atoms with Gasteiger partial charge < -0.3 is 9.05 Å². The molecule has 4 heteroatoms. The largest absolute Gasteiger partial charge is 0.334 e. The molecule has 1 aromatic carbocycles. The van der Waals surface area contributed by atoms with Gasteiger partial charge >= 0.3 is 0 Å². The van der Waals surface area contributed by atoms with E-state index < -0.39 is 8.38 Å². The van der Waals surface area contributed by atoms with Gasteiger partial charge in [0.15, 0.2) is 8.38 Å². The van der Waals surface area contributed by atoms with E-state index in [1.807, 2.05) is 13.8 Å². The maximum Gasteiger partial charge on any atom is 0.175 e. The highest BCUT2D eigenvalue weighted by molar-refractivity contribution is 9.10. The van der Waals surface area contributed by atoms with Gasteiger partial charge in [0.2, 0.25) is 0 Å². The van der Waals surface area contributed by atoms with Crippen molar-refractivity contribution in [1.29, 1.82) is 0 Å². The lowest BCUT2D eigenvalue weighted by molar-refractivity contribution is 0.268. The fourth-order valence-electron chi connectivity index (χ4n) is 1.39. The van der Waals surface area contributed by atoms with E-state index >= 15 is 0 Å². The summed E-state index contributed by atoms with van der Waals surface area (Å²) in [6.07, 6.45) is 0.871. The zero-order valence-corrected chi connectivity index (χ0v) is 12.5. The van der Waals surface area contributed by atoms with Gasteiger partial charge in [-0.1, -0.05) is 22.0 Å². The van der Waals surface area contributed by atoms with E-state index in [9.17, 15) is 0 Å². The number of rotatable bonds is 6. The van der Waals surface area contributed by atoms with Crippen LogP contribution in [0.25, 0.3) is 0 Å². The predicted molar refractivity (Wildman–Crippen MR) is 72.8 cm³/mol. The van der Waals surface area contributed by atoms with Crippen LogP contribution in [0.3, 0.4) is 0 Å². The molecular formula is C12H18BrO2P. The van der Waals surface area contributed by atoms with Crippen LogP contribution in [0.4, 0.5) is 0 Å². The molecule has 0 aliphatic rings. The Labute approximate surface area is 107 Å². The molecule has 1 rings (SSSR count). The second-order valence-electron chi connectivity index (χ2n) is 3.40. The van der Waals surface area contributed by atoms with Gasteiger partial charge in [0.25, 0.3) is 0 Å². The van der Waals surface area contributed by atoms with E-state index in [1.165, 1.54) is 11.1 Å². The molecule has 0 atom stereocenters. The van der Waals surface area contributed by atoms with Crippen molar-refractivity contribution in [2.45, 2.75) is 26.9 Å². The summed E-state index contributed by atoms with van der Waals surface area (Å²) in [4.78, 5) is 0. The molecule has 16 heavy (non-hydrogen) atoms. The Kier molecular flexibility index (Phi) is 6.52. The Hall–Kier alpha value is 0.0500. The summed E-state index contributed by atoms with van der Waals surface area (Å²) >= 11 is 3.47. The first-order valence-electron chi connectivity index (χ1n) is 5.45. The van der Waals surface area contributed by atoms with Crippen molar-refractivity contribution in [3.8, 4) is 0 Å². The van der Waals surface area contributed by atoms with Crippen LogP contribution < -0.4 is 0 Å². The Bertz CT molecular complexity index is 325. The number of benzene rings is 1. The highest BCUT2D eigenvalue weighted by Crippen LogP contribution is 2.42. The van der Waals surface area contributed by atoms with Gasteiger partial charge in [-0.05, 0) is 44.0 Å². The smallest absolute Gasteiger partial charge is 0.175 e. The minimum Gasteiger partial charge on any atom is -0.334 e. The first kappa shape index (κ1) is 14.1. The zero-order chi connectivity index (χ0) is 12.0. The van der Waals surface area contributed by atoms with E-state index in [0.717, 1.165) is 10.6 Å². The molecule has 90 valence electrons. The van der Waals surface area contributed by atoms with E-state index in [0.29, 0.717) is 13.2 Å². The maximum absolute atomic E-state index is 5.60. The summed E-state index contributed by atoms with van der Waals surface area (Å²) in [5.41, 5.74) is 2.58. The van der Waals surface area contributed by atoms with Crippen molar-refractivity contribution < 1.29 is 9.05 Å². The number of hydrogen-bond acceptors (Lipinski definition) is 2. The summed E-state index contributed by atoms with van der Waals surface area (Å²) in [5.74, 6) is 0. The summed E-state index contributed by atoms with van der Waals surface area (Å²) < 4.78 is 12.3. The Morgan fingerprint density at radius 3 is 2.31 bits per heavy atom. The van der Waals surface area contributed by atoms with Gasteiger partial charge in [-0.3, -0.25) is 0 Å². The molecule has 2 nitrogen and oxygen atoms in total.